The van der Waals surface area contributed by atoms with Crippen LogP contribution in [0.15, 0.2) is 55.1 Å². The van der Waals surface area contributed by atoms with Crippen molar-refractivity contribution in [2.75, 3.05) is 13.2 Å². The van der Waals surface area contributed by atoms with Crippen molar-refractivity contribution in [2.45, 2.75) is 19.3 Å². The van der Waals surface area contributed by atoms with Crippen molar-refractivity contribution < 1.29 is 14.3 Å². The molecule has 3 nitrogen and oxygen atoms in total. The van der Waals surface area contributed by atoms with Crippen LogP contribution >= 0.6 is 0 Å². The third-order valence-electron chi connectivity index (χ3n) is 3.21. The number of rotatable bonds is 8. The van der Waals surface area contributed by atoms with Crippen LogP contribution in [0.3, 0.4) is 0 Å². The molecular weight excluding hydrogens is 264 g/mol. The average molecular weight is 284 g/mol. The number of unbranched alkanes of at least 4 members (excludes halogenated alkanes) is 2. The third-order valence-corrected chi connectivity index (χ3v) is 3.21. The molecule has 0 saturated carbocycles. The van der Waals surface area contributed by atoms with Crippen LogP contribution in [-0.2, 0) is 9.53 Å². The Hall–Kier alpha value is -2.29. The molecule has 0 spiro atoms. The van der Waals surface area contributed by atoms with Gasteiger partial charge in [-0.05, 0) is 30.7 Å². The second-order valence-electron chi connectivity index (χ2n) is 4.76. The topological polar surface area (TPSA) is 35.5 Å². The van der Waals surface area contributed by atoms with Gasteiger partial charge in [-0.25, -0.2) is 4.79 Å². The highest BCUT2D eigenvalue weighted by molar-refractivity contribution is 5.88. The Bertz CT molecular complexity index is 599. The lowest BCUT2D eigenvalue weighted by Crippen LogP contribution is -2.03. The van der Waals surface area contributed by atoms with E-state index in [1.54, 1.807) is 0 Å². The summed E-state index contributed by atoms with van der Waals surface area (Å²) in [6, 6.07) is 14.3. The summed E-state index contributed by atoms with van der Waals surface area (Å²) < 4.78 is 10.8. The van der Waals surface area contributed by atoms with Crippen molar-refractivity contribution >= 4 is 16.7 Å². The highest BCUT2D eigenvalue weighted by Crippen LogP contribution is 2.25. The SMILES string of the molecule is C=CC(=O)OCCCCCOc1cccc2ccccc12. The predicted molar refractivity (Wildman–Crippen MR) is 84.5 cm³/mol. The summed E-state index contributed by atoms with van der Waals surface area (Å²) in [5.74, 6) is 0.563. The molecule has 0 aliphatic rings. The first-order chi connectivity index (χ1) is 10.3. The van der Waals surface area contributed by atoms with E-state index in [2.05, 4.69) is 24.8 Å². The number of carbonyl (C=O) groups excluding carboxylic acids is 1. The molecule has 110 valence electrons. The van der Waals surface area contributed by atoms with Gasteiger partial charge in [-0.3, -0.25) is 0 Å². The van der Waals surface area contributed by atoms with Crippen LogP contribution < -0.4 is 4.74 Å². The molecule has 0 amide bonds. The summed E-state index contributed by atoms with van der Waals surface area (Å²) in [5, 5.41) is 2.33. The first-order valence-corrected chi connectivity index (χ1v) is 7.21. The van der Waals surface area contributed by atoms with Crippen molar-refractivity contribution in [3.63, 3.8) is 0 Å². The van der Waals surface area contributed by atoms with Gasteiger partial charge in [0, 0.05) is 11.5 Å². The number of ether oxygens (including phenoxy) is 2. The second-order valence-corrected chi connectivity index (χ2v) is 4.76. The fraction of sp³-hybridized carbons (Fsp3) is 0.278. The smallest absolute Gasteiger partial charge is 0.330 e. The summed E-state index contributed by atoms with van der Waals surface area (Å²) in [7, 11) is 0. The van der Waals surface area contributed by atoms with Crippen molar-refractivity contribution in [3.05, 3.63) is 55.1 Å². The highest BCUT2D eigenvalue weighted by Gasteiger charge is 2.01. The van der Waals surface area contributed by atoms with Crippen molar-refractivity contribution in [1.82, 2.24) is 0 Å². The van der Waals surface area contributed by atoms with Crippen LogP contribution in [0.4, 0.5) is 0 Å². The van der Waals surface area contributed by atoms with E-state index in [0.29, 0.717) is 13.2 Å². The van der Waals surface area contributed by atoms with E-state index in [4.69, 9.17) is 9.47 Å². The molecule has 0 aliphatic carbocycles. The molecule has 2 aromatic carbocycles. The van der Waals surface area contributed by atoms with E-state index in [1.807, 2.05) is 24.3 Å². The van der Waals surface area contributed by atoms with Gasteiger partial charge < -0.3 is 9.47 Å². The molecule has 0 aromatic heterocycles. The zero-order valence-electron chi connectivity index (χ0n) is 12.1. The van der Waals surface area contributed by atoms with Gasteiger partial charge in [0.15, 0.2) is 0 Å². The molecule has 0 heterocycles. The minimum atomic E-state index is -0.359. The Morgan fingerprint density at radius 1 is 1.00 bits per heavy atom. The fourth-order valence-electron chi connectivity index (χ4n) is 2.12. The average Bonchev–Trinajstić information content (AvgIpc) is 2.53. The lowest BCUT2D eigenvalue weighted by atomic mass is 10.1. The van der Waals surface area contributed by atoms with Crippen LogP contribution in [0.1, 0.15) is 19.3 Å². The Kier molecular flexibility index (Phi) is 5.83. The molecule has 0 atom stereocenters. The Morgan fingerprint density at radius 2 is 1.76 bits per heavy atom. The quantitative estimate of drug-likeness (QED) is 0.415. The molecule has 3 heteroatoms. The minimum absolute atomic E-state index is 0.359. The number of hydrogen-bond acceptors (Lipinski definition) is 3. The van der Waals surface area contributed by atoms with E-state index < -0.39 is 0 Å². The van der Waals surface area contributed by atoms with E-state index >= 15 is 0 Å². The van der Waals surface area contributed by atoms with Crippen LogP contribution in [0.25, 0.3) is 10.8 Å². The van der Waals surface area contributed by atoms with Crippen LogP contribution in [-0.4, -0.2) is 19.2 Å². The summed E-state index contributed by atoms with van der Waals surface area (Å²) in [6.45, 7) is 4.47. The van der Waals surface area contributed by atoms with Crippen LogP contribution in [0.2, 0.25) is 0 Å². The van der Waals surface area contributed by atoms with E-state index in [1.165, 1.54) is 11.5 Å². The maximum Gasteiger partial charge on any atom is 0.330 e. The molecular formula is C18H20O3. The number of fused-ring (bicyclic) bond motifs is 1. The highest BCUT2D eigenvalue weighted by atomic mass is 16.5. The van der Waals surface area contributed by atoms with E-state index in [-0.39, 0.29) is 5.97 Å². The molecule has 0 unspecified atom stereocenters. The number of benzene rings is 2. The van der Waals surface area contributed by atoms with Gasteiger partial charge in [0.1, 0.15) is 5.75 Å². The maximum atomic E-state index is 10.8. The molecule has 0 fully saturated rings. The Labute approximate surface area is 125 Å². The van der Waals surface area contributed by atoms with Gasteiger partial charge in [0.25, 0.3) is 0 Å². The van der Waals surface area contributed by atoms with Crippen LogP contribution in [0.5, 0.6) is 5.75 Å². The largest absolute Gasteiger partial charge is 0.493 e. The summed E-state index contributed by atoms with van der Waals surface area (Å²) in [6.07, 6.45) is 3.94. The fourth-order valence-corrected chi connectivity index (χ4v) is 2.12. The molecule has 0 bridgehead atoms. The number of carbonyl (C=O) groups is 1. The molecule has 2 aromatic rings. The molecule has 0 aliphatic heterocycles. The number of hydrogen-bond donors (Lipinski definition) is 0. The zero-order chi connectivity index (χ0) is 14.9. The Morgan fingerprint density at radius 3 is 2.62 bits per heavy atom. The van der Waals surface area contributed by atoms with Gasteiger partial charge >= 0.3 is 5.97 Å². The summed E-state index contributed by atoms with van der Waals surface area (Å²) in [5.41, 5.74) is 0. The Balaban J connectivity index is 1.71. The first kappa shape index (κ1) is 15.1. The standard InChI is InChI=1S/C18H20O3/c1-2-18(19)21-14-7-3-6-13-20-17-12-8-10-15-9-4-5-11-16(15)17/h2,4-5,8-12H,1,3,6-7,13-14H2. The van der Waals surface area contributed by atoms with Gasteiger partial charge in [0.2, 0.25) is 0 Å². The van der Waals surface area contributed by atoms with Crippen LogP contribution in [0, 0.1) is 0 Å². The van der Waals surface area contributed by atoms with Gasteiger partial charge in [-0.15, -0.1) is 0 Å². The van der Waals surface area contributed by atoms with Crippen molar-refractivity contribution in [1.29, 1.82) is 0 Å². The third kappa shape index (κ3) is 4.63. The maximum absolute atomic E-state index is 10.8. The minimum Gasteiger partial charge on any atom is -0.493 e. The molecule has 0 N–H and O–H groups in total. The molecule has 2 rings (SSSR count). The lowest BCUT2D eigenvalue weighted by molar-refractivity contribution is -0.137. The molecule has 0 radical (unpaired) electrons. The van der Waals surface area contributed by atoms with Crippen molar-refractivity contribution in [2.24, 2.45) is 0 Å². The normalized spacial score (nSPS) is 10.3. The van der Waals surface area contributed by atoms with E-state index in [9.17, 15) is 4.79 Å². The second kappa shape index (κ2) is 8.10. The predicted octanol–water partition coefficient (Wildman–Crippen LogP) is 4.12. The van der Waals surface area contributed by atoms with Gasteiger partial charge in [-0.2, -0.15) is 0 Å². The zero-order valence-corrected chi connectivity index (χ0v) is 12.1. The summed E-state index contributed by atoms with van der Waals surface area (Å²) in [4.78, 5) is 10.8. The van der Waals surface area contributed by atoms with Gasteiger partial charge in [-0.1, -0.05) is 43.0 Å². The summed E-state index contributed by atoms with van der Waals surface area (Å²) >= 11 is 0. The monoisotopic (exact) mass is 284 g/mol. The first-order valence-electron chi connectivity index (χ1n) is 7.21. The molecule has 0 saturated heterocycles. The number of esters is 1. The van der Waals surface area contributed by atoms with Gasteiger partial charge in [0.05, 0.1) is 13.2 Å². The lowest BCUT2D eigenvalue weighted by Gasteiger charge is -2.09. The molecule has 21 heavy (non-hydrogen) atoms. The van der Waals surface area contributed by atoms with E-state index in [0.717, 1.165) is 30.4 Å². The van der Waals surface area contributed by atoms with Crippen molar-refractivity contribution in [3.8, 4) is 5.75 Å².